The van der Waals surface area contributed by atoms with Gasteiger partial charge in [0.15, 0.2) is 5.78 Å². The minimum Gasteiger partial charge on any atom is -0.378 e. The fraction of sp³-hybridized carbons (Fsp3) is 0.381. The van der Waals surface area contributed by atoms with Crippen LogP contribution in [0.25, 0.3) is 0 Å². The molecule has 0 unspecified atom stereocenters. The summed E-state index contributed by atoms with van der Waals surface area (Å²) in [6.45, 7) is 4.10. The number of nitrogens with zero attached hydrogens (tertiary/aromatic N) is 1. The van der Waals surface area contributed by atoms with Crippen molar-refractivity contribution >= 4 is 17.3 Å². The van der Waals surface area contributed by atoms with Gasteiger partial charge in [0.2, 0.25) is 0 Å². The number of carbonyl (C=O) groups excluding carboxylic acids is 1. The lowest BCUT2D eigenvalue weighted by molar-refractivity contribution is -0.118. The predicted octanol–water partition coefficient (Wildman–Crippen LogP) is 2.33. The number of allylic oxidation sites excluding steroid dienone is 2. The Bertz CT molecular complexity index is 1100. The summed E-state index contributed by atoms with van der Waals surface area (Å²) in [4.78, 5) is 44.6. The number of ketones is 1. The van der Waals surface area contributed by atoms with Crippen LogP contribution in [0.4, 0.5) is 11.5 Å². The second-order valence-electron chi connectivity index (χ2n) is 8.57. The van der Waals surface area contributed by atoms with E-state index in [1.807, 2.05) is 57.1 Å². The van der Waals surface area contributed by atoms with E-state index in [0.717, 1.165) is 16.9 Å². The molecule has 0 amide bonds. The van der Waals surface area contributed by atoms with Crippen molar-refractivity contribution in [1.82, 2.24) is 9.97 Å². The summed E-state index contributed by atoms with van der Waals surface area (Å²) in [6, 6.07) is 7.82. The van der Waals surface area contributed by atoms with Gasteiger partial charge in [-0.15, -0.1) is 0 Å². The van der Waals surface area contributed by atoms with Crippen molar-refractivity contribution in [3.05, 3.63) is 67.5 Å². The van der Waals surface area contributed by atoms with Crippen LogP contribution in [0.5, 0.6) is 0 Å². The number of Topliss-reactive ketones (excluding diaryl/α,β-unsaturated/α-hetero) is 1. The molecule has 2 aromatic rings. The smallest absolute Gasteiger partial charge is 0.327 e. The monoisotopic (exact) mass is 380 g/mol. The molecule has 2 heterocycles. The summed E-state index contributed by atoms with van der Waals surface area (Å²) < 4.78 is 0. The lowest BCUT2D eigenvalue weighted by Gasteiger charge is -2.38. The van der Waals surface area contributed by atoms with Crippen molar-refractivity contribution in [3.63, 3.8) is 0 Å². The van der Waals surface area contributed by atoms with Gasteiger partial charge in [0.05, 0.1) is 5.56 Å². The van der Waals surface area contributed by atoms with Crippen molar-refractivity contribution in [2.45, 2.75) is 32.6 Å². The van der Waals surface area contributed by atoms with Gasteiger partial charge in [0, 0.05) is 43.4 Å². The van der Waals surface area contributed by atoms with Crippen molar-refractivity contribution < 1.29 is 4.79 Å². The quantitative estimate of drug-likeness (QED) is 0.743. The van der Waals surface area contributed by atoms with E-state index in [0.29, 0.717) is 29.8 Å². The zero-order valence-electron chi connectivity index (χ0n) is 16.5. The number of benzene rings is 1. The van der Waals surface area contributed by atoms with Crippen molar-refractivity contribution in [1.29, 1.82) is 0 Å². The Morgan fingerprint density at radius 3 is 2.32 bits per heavy atom. The molecule has 0 radical (unpaired) electrons. The standard InChI is InChI=1S/C21H24N4O3/c1-21(2)9-13-16(14(26)10-21)15(11-5-7-12(8-6-11)25(3)4)17-18(22-13)23-20(28)24-19(17)27/h5-8,15H,9-10H2,1-4H3,(H3,22,23,24,27,28)/t15-/m1/s1. The first-order valence-electron chi connectivity index (χ1n) is 9.33. The van der Waals surface area contributed by atoms with Gasteiger partial charge in [0.25, 0.3) is 5.56 Å². The zero-order valence-corrected chi connectivity index (χ0v) is 16.5. The Hall–Kier alpha value is -3.09. The number of rotatable bonds is 2. The van der Waals surface area contributed by atoms with Crippen LogP contribution < -0.4 is 21.5 Å². The second kappa shape index (κ2) is 6.22. The normalized spacial score (nSPS) is 20.3. The zero-order chi connectivity index (χ0) is 20.2. The maximum atomic E-state index is 13.1. The van der Waals surface area contributed by atoms with E-state index in [1.54, 1.807) is 0 Å². The molecule has 1 atom stereocenters. The average Bonchev–Trinajstić information content (AvgIpc) is 2.58. The molecule has 146 valence electrons. The van der Waals surface area contributed by atoms with Crippen molar-refractivity contribution in [3.8, 4) is 0 Å². The number of anilines is 2. The maximum absolute atomic E-state index is 13.1. The maximum Gasteiger partial charge on any atom is 0.327 e. The highest BCUT2D eigenvalue weighted by Gasteiger charge is 2.42. The first-order chi connectivity index (χ1) is 13.2. The van der Waals surface area contributed by atoms with E-state index in [2.05, 4.69) is 15.3 Å². The Balaban J connectivity index is 1.95. The summed E-state index contributed by atoms with van der Waals surface area (Å²) in [6.07, 6.45) is 1.10. The third-order valence-corrected chi connectivity index (χ3v) is 5.50. The van der Waals surface area contributed by atoms with Crippen LogP contribution >= 0.6 is 0 Å². The highest BCUT2D eigenvalue weighted by atomic mass is 16.2. The largest absolute Gasteiger partial charge is 0.378 e. The van der Waals surface area contributed by atoms with Crippen molar-refractivity contribution in [2.75, 3.05) is 24.3 Å². The molecule has 1 aliphatic carbocycles. The Morgan fingerprint density at radius 1 is 1.00 bits per heavy atom. The molecule has 1 aromatic heterocycles. The number of carbonyl (C=O) groups is 1. The van der Waals surface area contributed by atoms with Crippen LogP contribution in [0.1, 0.15) is 43.7 Å². The third-order valence-electron chi connectivity index (χ3n) is 5.50. The van der Waals surface area contributed by atoms with Crippen LogP contribution in [-0.2, 0) is 4.79 Å². The van der Waals surface area contributed by atoms with Crippen LogP contribution in [0.2, 0.25) is 0 Å². The highest BCUT2D eigenvalue weighted by Crippen LogP contribution is 2.47. The molecule has 4 rings (SSSR count). The van der Waals surface area contributed by atoms with Gasteiger partial charge in [-0.05, 0) is 29.5 Å². The molecule has 1 aromatic carbocycles. The first-order valence-corrected chi connectivity index (χ1v) is 9.33. The number of fused-ring (bicyclic) bond motifs is 1. The van der Waals surface area contributed by atoms with Gasteiger partial charge < -0.3 is 10.2 Å². The molecule has 0 fully saturated rings. The SMILES string of the molecule is CN(C)c1ccc([C@@H]2C3=C(CC(C)(C)CC3=O)Nc3[nH]c(=O)[nH]c(=O)c32)cc1. The summed E-state index contributed by atoms with van der Waals surface area (Å²) >= 11 is 0. The molecule has 0 bridgehead atoms. The summed E-state index contributed by atoms with van der Waals surface area (Å²) in [5, 5.41) is 3.17. The molecule has 2 aliphatic rings. The van der Waals surface area contributed by atoms with Gasteiger partial charge in [-0.1, -0.05) is 26.0 Å². The molecule has 7 nitrogen and oxygen atoms in total. The molecule has 3 N–H and O–H groups in total. The van der Waals surface area contributed by atoms with Crippen LogP contribution in [-0.4, -0.2) is 29.8 Å². The number of nitrogens with one attached hydrogen (secondary N) is 3. The average molecular weight is 380 g/mol. The van der Waals surface area contributed by atoms with E-state index in [4.69, 9.17) is 0 Å². The molecule has 0 spiro atoms. The fourth-order valence-electron chi connectivity index (χ4n) is 4.24. The molecule has 7 heteroatoms. The van der Waals surface area contributed by atoms with E-state index in [1.165, 1.54) is 0 Å². The van der Waals surface area contributed by atoms with Crippen LogP contribution in [0.15, 0.2) is 45.1 Å². The minimum atomic E-state index is -0.566. The minimum absolute atomic E-state index is 0.0386. The third kappa shape index (κ3) is 2.96. The fourth-order valence-corrected chi connectivity index (χ4v) is 4.24. The number of aromatic amines is 2. The number of aromatic nitrogens is 2. The topological polar surface area (TPSA) is 98.1 Å². The lowest BCUT2D eigenvalue weighted by atomic mass is 9.69. The van der Waals surface area contributed by atoms with E-state index in [9.17, 15) is 14.4 Å². The van der Waals surface area contributed by atoms with Gasteiger partial charge in [-0.25, -0.2) is 4.79 Å². The van der Waals surface area contributed by atoms with E-state index < -0.39 is 17.2 Å². The summed E-state index contributed by atoms with van der Waals surface area (Å²) in [7, 11) is 3.91. The molecule has 0 saturated carbocycles. The van der Waals surface area contributed by atoms with Gasteiger partial charge in [-0.3, -0.25) is 19.6 Å². The van der Waals surface area contributed by atoms with Crippen molar-refractivity contribution in [2.24, 2.45) is 5.41 Å². The number of hydrogen-bond acceptors (Lipinski definition) is 5. The van der Waals surface area contributed by atoms with Gasteiger partial charge in [0.1, 0.15) is 5.82 Å². The first kappa shape index (κ1) is 18.3. The Kier molecular flexibility index (Phi) is 4.06. The number of hydrogen-bond donors (Lipinski definition) is 3. The van der Waals surface area contributed by atoms with E-state index >= 15 is 0 Å². The molecule has 1 aliphatic heterocycles. The van der Waals surface area contributed by atoms with E-state index in [-0.39, 0.29) is 11.2 Å². The Labute approximate surface area is 162 Å². The highest BCUT2D eigenvalue weighted by molar-refractivity contribution is 6.01. The van der Waals surface area contributed by atoms with Crippen LogP contribution in [0, 0.1) is 5.41 Å². The van der Waals surface area contributed by atoms with Gasteiger partial charge >= 0.3 is 5.69 Å². The predicted molar refractivity (Wildman–Crippen MR) is 109 cm³/mol. The lowest BCUT2D eigenvalue weighted by Crippen LogP contribution is -2.38. The molecule has 0 saturated heterocycles. The Morgan fingerprint density at radius 2 is 1.68 bits per heavy atom. The second-order valence-corrected chi connectivity index (χ2v) is 8.57. The summed E-state index contributed by atoms with van der Waals surface area (Å²) in [5.74, 6) is -0.0944. The van der Waals surface area contributed by atoms with Crippen LogP contribution in [0.3, 0.4) is 0 Å². The molecular formula is C21H24N4O3. The summed E-state index contributed by atoms with van der Waals surface area (Å²) in [5.41, 5.74) is 2.45. The molecule has 28 heavy (non-hydrogen) atoms. The van der Waals surface area contributed by atoms with Gasteiger partial charge in [-0.2, -0.15) is 0 Å². The number of H-pyrrole nitrogens is 2. The molecular weight excluding hydrogens is 356 g/mol.